The van der Waals surface area contributed by atoms with Crippen molar-refractivity contribution in [1.82, 2.24) is 5.32 Å². The molecular formula is C10H16BrNO3. The van der Waals surface area contributed by atoms with Crippen molar-refractivity contribution >= 4 is 21.8 Å². The molecule has 4 nitrogen and oxygen atoms in total. The molecule has 86 valence electrons. The van der Waals surface area contributed by atoms with Crippen LogP contribution < -0.4 is 5.32 Å². The van der Waals surface area contributed by atoms with Crippen molar-refractivity contribution in [2.24, 2.45) is 5.92 Å². The number of hydrogen-bond acceptors (Lipinski definition) is 3. The highest BCUT2D eigenvalue weighted by Crippen LogP contribution is 2.21. The maximum absolute atomic E-state index is 11.8. The van der Waals surface area contributed by atoms with E-state index in [1.165, 1.54) is 0 Å². The van der Waals surface area contributed by atoms with Crippen LogP contribution >= 0.6 is 15.9 Å². The Morgan fingerprint density at radius 2 is 2.27 bits per heavy atom. The van der Waals surface area contributed by atoms with Gasteiger partial charge in [-0.2, -0.15) is 0 Å². The summed E-state index contributed by atoms with van der Waals surface area (Å²) in [4.78, 5) is 12.1. The van der Waals surface area contributed by atoms with Crippen molar-refractivity contribution in [3.05, 3.63) is 0 Å². The summed E-state index contributed by atoms with van der Waals surface area (Å²) in [5.41, 5.74) is 0. The summed E-state index contributed by atoms with van der Waals surface area (Å²) in [5, 5.41) is 2.97. The largest absolute Gasteiger partial charge is 0.378 e. The quantitative estimate of drug-likeness (QED) is 0.756. The van der Waals surface area contributed by atoms with Gasteiger partial charge < -0.3 is 14.8 Å². The fourth-order valence-corrected chi connectivity index (χ4v) is 2.43. The summed E-state index contributed by atoms with van der Waals surface area (Å²) >= 11 is 3.48. The second-order valence-electron chi connectivity index (χ2n) is 4.23. The predicted octanol–water partition coefficient (Wildman–Crippen LogP) is 0.690. The van der Waals surface area contributed by atoms with E-state index < -0.39 is 0 Å². The second kappa shape index (κ2) is 4.80. The second-order valence-corrected chi connectivity index (χ2v) is 5.40. The van der Waals surface area contributed by atoms with Crippen LogP contribution in [-0.4, -0.2) is 42.7 Å². The van der Waals surface area contributed by atoms with Gasteiger partial charge in [0.25, 0.3) is 0 Å². The van der Waals surface area contributed by atoms with Gasteiger partial charge in [0.05, 0.1) is 24.1 Å². The zero-order valence-corrected chi connectivity index (χ0v) is 10.3. The van der Waals surface area contributed by atoms with E-state index in [9.17, 15) is 4.79 Å². The third-order valence-corrected chi connectivity index (χ3v) is 3.89. The van der Waals surface area contributed by atoms with E-state index in [4.69, 9.17) is 9.47 Å². The molecule has 0 aromatic rings. The maximum Gasteiger partial charge on any atom is 0.249 e. The fourth-order valence-electron chi connectivity index (χ4n) is 1.96. The van der Waals surface area contributed by atoms with E-state index in [-0.39, 0.29) is 22.9 Å². The molecule has 2 aliphatic heterocycles. The normalized spacial score (nSPS) is 40.7. The number of carbonyl (C=O) groups is 1. The summed E-state index contributed by atoms with van der Waals surface area (Å²) < 4.78 is 10.7. The van der Waals surface area contributed by atoms with Crippen LogP contribution in [0.5, 0.6) is 0 Å². The number of hydrogen-bond donors (Lipinski definition) is 1. The lowest BCUT2D eigenvalue weighted by Crippen LogP contribution is -2.46. The Morgan fingerprint density at radius 1 is 1.47 bits per heavy atom. The monoisotopic (exact) mass is 277 g/mol. The van der Waals surface area contributed by atoms with Crippen LogP contribution in [-0.2, 0) is 14.3 Å². The van der Waals surface area contributed by atoms with Gasteiger partial charge in [-0.1, -0.05) is 22.9 Å². The molecule has 4 atom stereocenters. The van der Waals surface area contributed by atoms with Gasteiger partial charge in [-0.05, 0) is 12.3 Å². The Bertz CT molecular complexity index is 249. The molecule has 2 heterocycles. The Hall–Kier alpha value is -0.130. The number of rotatable bonds is 2. The minimum absolute atomic E-state index is 0.0000463. The molecule has 2 aliphatic rings. The number of amides is 1. The lowest BCUT2D eigenvalue weighted by molar-refractivity contribution is -0.132. The van der Waals surface area contributed by atoms with Crippen LogP contribution in [0.4, 0.5) is 0 Å². The third-order valence-electron chi connectivity index (χ3n) is 2.98. The van der Waals surface area contributed by atoms with Crippen molar-refractivity contribution in [3.8, 4) is 0 Å². The Labute approximate surface area is 97.8 Å². The highest BCUT2D eigenvalue weighted by atomic mass is 79.9. The van der Waals surface area contributed by atoms with Gasteiger partial charge in [0.2, 0.25) is 5.91 Å². The lowest BCUT2D eigenvalue weighted by atomic mass is 10.0. The standard InChI is InChI=1S/C10H16BrNO3/c1-6-2-3-15-9(6)10(13)12-8-5-14-4-7(8)11/h6-9H,2-5H2,1H3,(H,12,13). The molecular weight excluding hydrogens is 262 g/mol. The molecule has 0 aliphatic carbocycles. The van der Waals surface area contributed by atoms with E-state index >= 15 is 0 Å². The van der Waals surface area contributed by atoms with Gasteiger partial charge >= 0.3 is 0 Å². The van der Waals surface area contributed by atoms with Gasteiger partial charge in [0.1, 0.15) is 6.10 Å². The summed E-state index contributed by atoms with van der Waals surface area (Å²) in [7, 11) is 0. The van der Waals surface area contributed by atoms with Gasteiger partial charge in [0, 0.05) is 6.61 Å². The number of ether oxygens (including phenoxy) is 2. The number of carbonyl (C=O) groups excluding carboxylic acids is 1. The zero-order valence-electron chi connectivity index (χ0n) is 8.74. The fraction of sp³-hybridized carbons (Fsp3) is 0.900. The molecule has 0 aromatic heterocycles. The maximum atomic E-state index is 11.8. The van der Waals surface area contributed by atoms with Gasteiger partial charge in [0.15, 0.2) is 0 Å². The SMILES string of the molecule is CC1CCOC1C(=O)NC1COCC1Br. The smallest absolute Gasteiger partial charge is 0.249 e. The lowest BCUT2D eigenvalue weighted by Gasteiger charge is -2.19. The van der Waals surface area contributed by atoms with Crippen LogP contribution in [0.15, 0.2) is 0 Å². The van der Waals surface area contributed by atoms with Crippen molar-refractivity contribution in [2.45, 2.75) is 30.3 Å². The first-order chi connectivity index (χ1) is 7.18. The Balaban J connectivity index is 1.86. The minimum atomic E-state index is -0.273. The van der Waals surface area contributed by atoms with E-state index in [0.717, 1.165) is 6.42 Å². The highest BCUT2D eigenvalue weighted by Gasteiger charge is 2.34. The average Bonchev–Trinajstić information content (AvgIpc) is 2.76. The van der Waals surface area contributed by atoms with Crippen LogP contribution in [0.3, 0.4) is 0 Å². The first-order valence-electron chi connectivity index (χ1n) is 5.32. The summed E-state index contributed by atoms with van der Waals surface area (Å²) in [5.74, 6) is 0.320. The zero-order chi connectivity index (χ0) is 10.8. The molecule has 0 bridgehead atoms. The van der Waals surface area contributed by atoms with Crippen LogP contribution in [0.1, 0.15) is 13.3 Å². The molecule has 1 amide bonds. The third kappa shape index (κ3) is 2.52. The van der Waals surface area contributed by atoms with Crippen molar-refractivity contribution in [1.29, 1.82) is 0 Å². The molecule has 5 heteroatoms. The molecule has 0 aromatic carbocycles. The van der Waals surface area contributed by atoms with E-state index in [0.29, 0.717) is 25.7 Å². The number of alkyl halides is 1. The number of nitrogens with one attached hydrogen (secondary N) is 1. The molecule has 2 saturated heterocycles. The first-order valence-corrected chi connectivity index (χ1v) is 6.24. The van der Waals surface area contributed by atoms with Gasteiger partial charge in [-0.25, -0.2) is 0 Å². The van der Waals surface area contributed by atoms with Gasteiger partial charge in [-0.3, -0.25) is 4.79 Å². The van der Waals surface area contributed by atoms with Crippen LogP contribution in [0.25, 0.3) is 0 Å². The summed E-state index contributed by atoms with van der Waals surface area (Å²) in [6.07, 6.45) is 0.696. The Kier molecular flexibility index (Phi) is 3.64. The highest BCUT2D eigenvalue weighted by molar-refractivity contribution is 9.09. The van der Waals surface area contributed by atoms with Gasteiger partial charge in [-0.15, -0.1) is 0 Å². The minimum Gasteiger partial charge on any atom is -0.378 e. The van der Waals surface area contributed by atoms with Crippen molar-refractivity contribution < 1.29 is 14.3 Å². The van der Waals surface area contributed by atoms with Crippen LogP contribution in [0.2, 0.25) is 0 Å². The molecule has 2 rings (SSSR count). The Morgan fingerprint density at radius 3 is 2.80 bits per heavy atom. The predicted molar refractivity (Wildman–Crippen MR) is 59.0 cm³/mol. The molecule has 4 unspecified atom stereocenters. The van der Waals surface area contributed by atoms with Crippen molar-refractivity contribution in [2.75, 3.05) is 19.8 Å². The molecule has 0 radical (unpaired) electrons. The summed E-state index contributed by atoms with van der Waals surface area (Å²) in [6, 6.07) is 0.0777. The molecule has 15 heavy (non-hydrogen) atoms. The van der Waals surface area contributed by atoms with E-state index in [1.54, 1.807) is 0 Å². The van der Waals surface area contributed by atoms with E-state index in [2.05, 4.69) is 21.2 Å². The number of halogens is 1. The summed E-state index contributed by atoms with van der Waals surface area (Å²) in [6.45, 7) is 3.99. The topological polar surface area (TPSA) is 47.6 Å². The van der Waals surface area contributed by atoms with Crippen molar-refractivity contribution in [3.63, 3.8) is 0 Å². The molecule has 2 fully saturated rings. The molecule has 0 spiro atoms. The van der Waals surface area contributed by atoms with Crippen LogP contribution in [0, 0.1) is 5.92 Å². The first kappa shape index (κ1) is 11.4. The molecule has 0 saturated carbocycles. The molecule has 1 N–H and O–H groups in total. The average molecular weight is 278 g/mol. The van der Waals surface area contributed by atoms with E-state index in [1.807, 2.05) is 6.92 Å².